The molecule has 1 aliphatic rings. The summed E-state index contributed by atoms with van der Waals surface area (Å²) in [6.45, 7) is 1.63. The summed E-state index contributed by atoms with van der Waals surface area (Å²) in [7, 11) is 3.95. The van der Waals surface area contributed by atoms with Crippen LogP contribution < -0.4 is 5.32 Å². The lowest BCUT2D eigenvalue weighted by Gasteiger charge is -2.32. The normalized spacial score (nSPS) is 15.8. The van der Waals surface area contributed by atoms with Crippen LogP contribution in [0.5, 0.6) is 0 Å². The van der Waals surface area contributed by atoms with Crippen LogP contribution in [0.4, 0.5) is 0 Å². The fourth-order valence-electron chi connectivity index (χ4n) is 3.78. The molecule has 1 aliphatic heterocycles. The van der Waals surface area contributed by atoms with Crippen LogP contribution >= 0.6 is 23.2 Å². The molecule has 0 aliphatic carbocycles. The topological polar surface area (TPSA) is 52.7 Å². The molecule has 160 valence electrons. The predicted molar refractivity (Wildman–Crippen MR) is 121 cm³/mol. The molecule has 1 N–H and O–H groups in total. The molecule has 2 aromatic rings. The van der Waals surface area contributed by atoms with Gasteiger partial charge in [-0.3, -0.25) is 9.59 Å². The van der Waals surface area contributed by atoms with E-state index < -0.39 is 0 Å². The average Bonchev–Trinajstić information content (AvgIpc) is 2.75. The summed E-state index contributed by atoms with van der Waals surface area (Å²) in [5, 5.41) is 4.38. The van der Waals surface area contributed by atoms with Crippen LogP contribution in [0.15, 0.2) is 48.5 Å². The first-order chi connectivity index (χ1) is 14.4. The summed E-state index contributed by atoms with van der Waals surface area (Å²) in [5.41, 5.74) is 1.61. The molecule has 0 unspecified atom stereocenters. The molecule has 1 heterocycles. The zero-order chi connectivity index (χ0) is 21.7. The molecular weight excluding hydrogens is 421 g/mol. The monoisotopic (exact) mass is 447 g/mol. The van der Waals surface area contributed by atoms with Crippen molar-refractivity contribution in [1.82, 2.24) is 15.1 Å². The van der Waals surface area contributed by atoms with Gasteiger partial charge in [0.1, 0.15) is 0 Å². The minimum atomic E-state index is -0.0895. The molecule has 2 amide bonds. The van der Waals surface area contributed by atoms with Crippen LogP contribution in [0.25, 0.3) is 0 Å². The molecule has 0 radical (unpaired) electrons. The van der Waals surface area contributed by atoms with Gasteiger partial charge in [-0.05, 0) is 62.8 Å². The Morgan fingerprint density at radius 1 is 1.07 bits per heavy atom. The van der Waals surface area contributed by atoms with Crippen molar-refractivity contribution >= 4 is 35.0 Å². The minimum Gasteiger partial charge on any atom is -0.354 e. The van der Waals surface area contributed by atoms with Crippen molar-refractivity contribution in [3.05, 3.63) is 69.7 Å². The number of nitrogens with zero attached hydrogens (tertiary/aromatic N) is 2. The SMILES string of the molecule is CN(C)[C@H](CNC(=O)C1CCN(C(=O)c2ccc(Cl)cc2)CC1)c1ccccc1Cl. The van der Waals surface area contributed by atoms with Gasteiger partial charge >= 0.3 is 0 Å². The van der Waals surface area contributed by atoms with Crippen molar-refractivity contribution in [3.63, 3.8) is 0 Å². The summed E-state index contributed by atoms with van der Waals surface area (Å²) < 4.78 is 0. The van der Waals surface area contributed by atoms with E-state index in [1.54, 1.807) is 29.2 Å². The number of rotatable bonds is 6. The lowest BCUT2D eigenvalue weighted by Crippen LogP contribution is -2.44. The molecule has 5 nitrogen and oxygen atoms in total. The smallest absolute Gasteiger partial charge is 0.253 e. The third-order valence-electron chi connectivity index (χ3n) is 5.60. The fourth-order valence-corrected chi connectivity index (χ4v) is 4.17. The van der Waals surface area contributed by atoms with E-state index in [0.717, 1.165) is 5.56 Å². The zero-order valence-electron chi connectivity index (χ0n) is 17.3. The van der Waals surface area contributed by atoms with Crippen LogP contribution in [0, 0.1) is 5.92 Å². The Bertz CT molecular complexity index is 878. The number of carbonyl (C=O) groups is 2. The number of piperidine rings is 1. The quantitative estimate of drug-likeness (QED) is 0.719. The van der Waals surface area contributed by atoms with Crippen LogP contribution in [-0.2, 0) is 4.79 Å². The molecular formula is C23H27Cl2N3O2. The molecule has 0 saturated carbocycles. The molecule has 3 rings (SSSR count). The summed E-state index contributed by atoms with van der Waals surface area (Å²) in [6.07, 6.45) is 1.31. The number of halogens is 2. The fraction of sp³-hybridized carbons (Fsp3) is 0.391. The first-order valence-corrected chi connectivity index (χ1v) is 10.9. The van der Waals surface area contributed by atoms with Gasteiger partial charge in [-0.15, -0.1) is 0 Å². The molecule has 1 saturated heterocycles. The Morgan fingerprint density at radius 2 is 1.70 bits per heavy atom. The van der Waals surface area contributed by atoms with E-state index in [-0.39, 0.29) is 23.8 Å². The van der Waals surface area contributed by atoms with Crippen molar-refractivity contribution in [3.8, 4) is 0 Å². The Morgan fingerprint density at radius 3 is 2.30 bits per heavy atom. The number of nitrogens with one attached hydrogen (secondary N) is 1. The second kappa shape index (κ2) is 10.3. The maximum Gasteiger partial charge on any atom is 0.253 e. The highest BCUT2D eigenvalue weighted by Gasteiger charge is 2.28. The lowest BCUT2D eigenvalue weighted by molar-refractivity contribution is -0.126. The highest BCUT2D eigenvalue weighted by atomic mass is 35.5. The standard InChI is InChI=1S/C23H27Cl2N3O2/c1-27(2)21(19-5-3-4-6-20(19)25)15-26-22(29)16-11-13-28(14-12-16)23(30)17-7-9-18(24)10-8-17/h3-10,16,21H,11-15H2,1-2H3,(H,26,29)/t21-/m1/s1. The molecule has 1 atom stereocenters. The molecule has 7 heteroatoms. The number of amides is 2. The average molecular weight is 448 g/mol. The van der Waals surface area contributed by atoms with E-state index in [0.29, 0.717) is 48.1 Å². The van der Waals surface area contributed by atoms with Crippen LogP contribution in [0.2, 0.25) is 10.0 Å². The summed E-state index contributed by atoms with van der Waals surface area (Å²) >= 11 is 12.2. The van der Waals surface area contributed by atoms with Crippen LogP contribution in [0.1, 0.15) is 34.8 Å². The summed E-state index contributed by atoms with van der Waals surface area (Å²) in [5.74, 6) is -0.0715. The third kappa shape index (κ3) is 5.54. The summed E-state index contributed by atoms with van der Waals surface area (Å²) in [6, 6.07) is 14.6. The maximum atomic E-state index is 12.7. The molecule has 0 aromatic heterocycles. The van der Waals surface area contributed by atoms with Gasteiger partial charge in [-0.1, -0.05) is 41.4 Å². The Labute approximate surface area is 187 Å². The molecule has 0 bridgehead atoms. The van der Waals surface area contributed by atoms with Crippen molar-refractivity contribution in [1.29, 1.82) is 0 Å². The second-order valence-corrected chi connectivity index (χ2v) is 8.66. The number of carbonyl (C=O) groups excluding carboxylic acids is 2. The van der Waals surface area contributed by atoms with E-state index in [1.807, 2.05) is 38.4 Å². The molecule has 1 fully saturated rings. The van der Waals surface area contributed by atoms with Crippen molar-refractivity contribution in [2.24, 2.45) is 5.92 Å². The highest BCUT2D eigenvalue weighted by molar-refractivity contribution is 6.31. The van der Waals surface area contributed by atoms with Gasteiger partial charge in [-0.25, -0.2) is 0 Å². The number of likely N-dealkylation sites (tertiary alicyclic amines) is 1. The largest absolute Gasteiger partial charge is 0.354 e. The van der Waals surface area contributed by atoms with E-state index >= 15 is 0 Å². The zero-order valence-corrected chi connectivity index (χ0v) is 18.8. The van der Waals surface area contributed by atoms with E-state index in [4.69, 9.17) is 23.2 Å². The van der Waals surface area contributed by atoms with Crippen LogP contribution in [-0.4, -0.2) is 55.3 Å². The van der Waals surface area contributed by atoms with Crippen molar-refractivity contribution < 1.29 is 9.59 Å². The Kier molecular flexibility index (Phi) is 7.75. The van der Waals surface area contributed by atoms with Gasteiger partial charge in [0.25, 0.3) is 5.91 Å². The Balaban J connectivity index is 1.53. The minimum absolute atomic E-state index is 0.00535. The second-order valence-electron chi connectivity index (χ2n) is 7.82. The number of hydrogen-bond acceptors (Lipinski definition) is 3. The van der Waals surface area contributed by atoms with Gasteiger partial charge in [0.15, 0.2) is 0 Å². The lowest BCUT2D eigenvalue weighted by atomic mass is 9.95. The van der Waals surface area contributed by atoms with Crippen molar-refractivity contribution in [2.75, 3.05) is 33.7 Å². The van der Waals surface area contributed by atoms with Gasteiger partial charge in [-0.2, -0.15) is 0 Å². The molecule has 0 spiro atoms. The van der Waals surface area contributed by atoms with Gasteiger partial charge in [0.05, 0.1) is 6.04 Å². The third-order valence-corrected chi connectivity index (χ3v) is 6.20. The highest BCUT2D eigenvalue weighted by Crippen LogP contribution is 2.26. The maximum absolute atomic E-state index is 12.7. The predicted octanol–water partition coefficient (Wildman–Crippen LogP) is 4.26. The number of likely N-dealkylation sites (N-methyl/N-ethyl adjacent to an activating group) is 1. The van der Waals surface area contributed by atoms with Crippen LogP contribution in [0.3, 0.4) is 0 Å². The molecule has 2 aromatic carbocycles. The Hall–Kier alpha value is -2.08. The number of hydrogen-bond donors (Lipinski definition) is 1. The van der Waals surface area contributed by atoms with Gasteiger partial charge < -0.3 is 15.1 Å². The van der Waals surface area contributed by atoms with E-state index in [2.05, 4.69) is 10.2 Å². The van der Waals surface area contributed by atoms with Gasteiger partial charge in [0.2, 0.25) is 5.91 Å². The van der Waals surface area contributed by atoms with E-state index in [1.165, 1.54) is 0 Å². The van der Waals surface area contributed by atoms with E-state index in [9.17, 15) is 9.59 Å². The van der Waals surface area contributed by atoms with Crippen molar-refractivity contribution in [2.45, 2.75) is 18.9 Å². The first kappa shape index (κ1) is 22.6. The number of benzene rings is 2. The van der Waals surface area contributed by atoms with Gasteiger partial charge in [0, 0.05) is 41.2 Å². The summed E-state index contributed by atoms with van der Waals surface area (Å²) in [4.78, 5) is 29.2. The molecule has 30 heavy (non-hydrogen) atoms. The first-order valence-electron chi connectivity index (χ1n) is 10.1.